The monoisotopic (exact) mass is 180 g/mol. The maximum Gasteiger partial charge on any atom is 0.335 e. The van der Waals surface area contributed by atoms with E-state index < -0.39 is 5.97 Å². The van der Waals surface area contributed by atoms with E-state index in [1.54, 1.807) is 25.3 Å². The lowest BCUT2D eigenvalue weighted by Gasteiger charge is -2.05. The molecule has 0 saturated carbocycles. The van der Waals surface area contributed by atoms with Gasteiger partial charge in [0, 0.05) is 7.11 Å². The number of methoxy groups -OCH3 is 1. The van der Waals surface area contributed by atoms with Crippen LogP contribution in [0.1, 0.15) is 21.5 Å². The molecule has 1 rings (SSSR count). The predicted molar refractivity (Wildman–Crippen MR) is 48.9 cm³/mol. The van der Waals surface area contributed by atoms with Crippen molar-refractivity contribution in [2.45, 2.75) is 13.5 Å². The molecule has 0 unspecified atom stereocenters. The molecule has 0 bridgehead atoms. The van der Waals surface area contributed by atoms with Gasteiger partial charge < -0.3 is 9.84 Å². The fourth-order valence-electron chi connectivity index (χ4n) is 1.12. The Hall–Kier alpha value is -1.35. The van der Waals surface area contributed by atoms with Gasteiger partial charge in [-0.15, -0.1) is 0 Å². The van der Waals surface area contributed by atoms with E-state index in [0.717, 1.165) is 11.1 Å². The first-order chi connectivity index (χ1) is 6.15. The topological polar surface area (TPSA) is 46.5 Å². The number of ether oxygens (including phenoxy) is 1. The predicted octanol–water partition coefficient (Wildman–Crippen LogP) is 1.84. The number of rotatable bonds is 3. The zero-order valence-electron chi connectivity index (χ0n) is 7.70. The van der Waals surface area contributed by atoms with Crippen LogP contribution in [0.15, 0.2) is 18.2 Å². The van der Waals surface area contributed by atoms with E-state index >= 15 is 0 Å². The van der Waals surface area contributed by atoms with Crippen LogP contribution in [0.2, 0.25) is 0 Å². The van der Waals surface area contributed by atoms with E-state index in [-0.39, 0.29) is 0 Å². The highest BCUT2D eigenvalue weighted by molar-refractivity contribution is 5.87. The van der Waals surface area contributed by atoms with E-state index in [1.807, 2.05) is 6.92 Å². The Balaban J connectivity index is 3.03. The van der Waals surface area contributed by atoms with Crippen molar-refractivity contribution in [1.82, 2.24) is 0 Å². The van der Waals surface area contributed by atoms with Crippen molar-refractivity contribution >= 4 is 5.97 Å². The van der Waals surface area contributed by atoms with Crippen molar-refractivity contribution in [3.05, 3.63) is 34.9 Å². The third-order valence-electron chi connectivity index (χ3n) is 1.90. The van der Waals surface area contributed by atoms with Gasteiger partial charge in [0.15, 0.2) is 0 Å². The van der Waals surface area contributed by atoms with Gasteiger partial charge in [0.05, 0.1) is 12.2 Å². The molecule has 0 aromatic heterocycles. The number of aryl methyl sites for hydroxylation is 1. The highest BCUT2D eigenvalue weighted by Gasteiger charge is 2.05. The minimum atomic E-state index is -0.905. The van der Waals surface area contributed by atoms with Gasteiger partial charge in [-0.2, -0.15) is 0 Å². The molecule has 0 spiro atoms. The lowest BCUT2D eigenvalue weighted by Crippen LogP contribution is -1.99. The molecule has 0 aliphatic rings. The van der Waals surface area contributed by atoms with Crippen LogP contribution in [0.25, 0.3) is 0 Å². The van der Waals surface area contributed by atoms with Crippen molar-refractivity contribution < 1.29 is 14.6 Å². The Labute approximate surface area is 77.0 Å². The average molecular weight is 180 g/mol. The minimum absolute atomic E-state index is 0.303. The van der Waals surface area contributed by atoms with Crippen molar-refractivity contribution in [2.24, 2.45) is 0 Å². The number of carboxylic acid groups (broad SMARTS) is 1. The number of benzene rings is 1. The van der Waals surface area contributed by atoms with Gasteiger partial charge in [-0.1, -0.05) is 6.07 Å². The Morgan fingerprint density at radius 3 is 2.77 bits per heavy atom. The van der Waals surface area contributed by atoms with Crippen LogP contribution < -0.4 is 0 Å². The lowest BCUT2D eigenvalue weighted by atomic mass is 10.1. The summed E-state index contributed by atoms with van der Waals surface area (Å²) in [5.41, 5.74) is 2.27. The Bertz CT molecular complexity index is 318. The summed E-state index contributed by atoms with van der Waals surface area (Å²) in [7, 11) is 1.59. The summed E-state index contributed by atoms with van der Waals surface area (Å²) in [5.74, 6) is -0.905. The number of carboxylic acids is 1. The third kappa shape index (κ3) is 2.29. The normalized spacial score (nSPS) is 10.0. The second-order valence-corrected chi connectivity index (χ2v) is 2.88. The van der Waals surface area contributed by atoms with Gasteiger partial charge in [-0.25, -0.2) is 4.79 Å². The molecule has 13 heavy (non-hydrogen) atoms. The lowest BCUT2D eigenvalue weighted by molar-refractivity contribution is 0.0696. The van der Waals surface area contributed by atoms with Crippen molar-refractivity contribution in [3.8, 4) is 0 Å². The van der Waals surface area contributed by atoms with Crippen molar-refractivity contribution in [2.75, 3.05) is 7.11 Å². The zero-order chi connectivity index (χ0) is 9.84. The number of hydrogen-bond acceptors (Lipinski definition) is 2. The molecular formula is C10H12O3. The number of hydrogen-bond donors (Lipinski definition) is 1. The van der Waals surface area contributed by atoms with E-state index in [1.165, 1.54) is 0 Å². The van der Waals surface area contributed by atoms with Crippen molar-refractivity contribution in [1.29, 1.82) is 0 Å². The molecule has 3 nitrogen and oxygen atoms in total. The smallest absolute Gasteiger partial charge is 0.335 e. The molecule has 0 atom stereocenters. The van der Waals surface area contributed by atoms with E-state index in [0.29, 0.717) is 12.2 Å². The van der Waals surface area contributed by atoms with Gasteiger partial charge in [-0.3, -0.25) is 0 Å². The Morgan fingerprint density at radius 2 is 2.23 bits per heavy atom. The fraction of sp³-hybridized carbons (Fsp3) is 0.300. The van der Waals surface area contributed by atoms with Crippen LogP contribution >= 0.6 is 0 Å². The Kier molecular flexibility index (Phi) is 3.03. The van der Waals surface area contributed by atoms with E-state index in [9.17, 15) is 4.79 Å². The van der Waals surface area contributed by atoms with Crippen LogP contribution in [-0.4, -0.2) is 18.2 Å². The molecule has 1 aromatic rings. The van der Waals surface area contributed by atoms with Crippen LogP contribution in [-0.2, 0) is 11.3 Å². The first-order valence-corrected chi connectivity index (χ1v) is 3.97. The second kappa shape index (κ2) is 4.05. The maximum absolute atomic E-state index is 10.6. The summed E-state index contributed by atoms with van der Waals surface area (Å²) in [6.07, 6.45) is 0. The molecular weight excluding hydrogens is 168 g/mol. The van der Waals surface area contributed by atoms with E-state index in [4.69, 9.17) is 9.84 Å². The molecule has 0 aliphatic heterocycles. The summed E-state index contributed by atoms with van der Waals surface area (Å²) in [5, 5.41) is 8.73. The summed E-state index contributed by atoms with van der Waals surface area (Å²) in [6.45, 7) is 2.38. The standard InChI is InChI=1S/C10H12O3/c1-7-3-4-8(10(11)12)5-9(7)6-13-2/h3-5H,6H2,1-2H3,(H,11,12). The van der Waals surface area contributed by atoms with Crippen molar-refractivity contribution in [3.63, 3.8) is 0 Å². The summed E-state index contributed by atoms with van der Waals surface area (Å²) < 4.78 is 4.95. The molecule has 0 amide bonds. The quantitative estimate of drug-likeness (QED) is 0.772. The fourth-order valence-corrected chi connectivity index (χ4v) is 1.12. The molecule has 0 fully saturated rings. The van der Waals surface area contributed by atoms with Crippen LogP contribution in [0.5, 0.6) is 0 Å². The highest BCUT2D eigenvalue weighted by Crippen LogP contribution is 2.12. The summed E-state index contributed by atoms with van der Waals surface area (Å²) in [4.78, 5) is 10.6. The zero-order valence-corrected chi connectivity index (χ0v) is 7.70. The van der Waals surface area contributed by atoms with Crippen LogP contribution in [0, 0.1) is 6.92 Å². The summed E-state index contributed by atoms with van der Waals surface area (Å²) in [6, 6.07) is 5.02. The van der Waals surface area contributed by atoms with Gasteiger partial charge in [0.1, 0.15) is 0 Å². The third-order valence-corrected chi connectivity index (χ3v) is 1.90. The molecule has 0 aliphatic carbocycles. The second-order valence-electron chi connectivity index (χ2n) is 2.88. The molecule has 1 N–H and O–H groups in total. The molecule has 0 heterocycles. The van der Waals surface area contributed by atoms with Gasteiger partial charge >= 0.3 is 5.97 Å². The number of carbonyl (C=O) groups is 1. The molecule has 70 valence electrons. The first-order valence-electron chi connectivity index (χ1n) is 3.97. The first kappa shape index (κ1) is 9.74. The molecule has 3 heteroatoms. The van der Waals surface area contributed by atoms with Crippen LogP contribution in [0.4, 0.5) is 0 Å². The number of aromatic carboxylic acids is 1. The highest BCUT2D eigenvalue weighted by atomic mass is 16.5. The summed E-state index contributed by atoms with van der Waals surface area (Å²) >= 11 is 0. The molecule has 0 radical (unpaired) electrons. The van der Waals surface area contributed by atoms with E-state index in [2.05, 4.69) is 0 Å². The van der Waals surface area contributed by atoms with Gasteiger partial charge in [0.25, 0.3) is 0 Å². The largest absolute Gasteiger partial charge is 0.478 e. The SMILES string of the molecule is COCc1cc(C(=O)O)ccc1C. The van der Waals surface area contributed by atoms with Gasteiger partial charge in [0.2, 0.25) is 0 Å². The Morgan fingerprint density at radius 1 is 1.54 bits per heavy atom. The van der Waals surface area contributed by atoms with Crippen LogP contribution in [0.3, 0.4) is 0 Å². The van der Waals surface area contributed by atoms with Gasteiger partial charge in [-0.05, 0) is 30.2 Å². The molecule has 0 saturated heterocycles. The minimum Gasteiger partial charge on any atom is -0.478 e. The maximum atomic E-state index is 10.6. The average Bonchev–Trinajstić information content (AvgIpc) is 2.08. The molecule has 1 aromatic carbocycles.